The maximum Gasteiger partial charge on any atom is 0.269 e. The Kier molecular flexibility index (Phi) is 11.9. The van der Waals surface area contributed by atoms with Gasteiger partial charge < -0.3 is 20.9 Å². The number of nitrogens with zero attached hydrogens (tertiary/aromatic N) is 4. The molecule has 2 aliphatic heterocycles. The van der Waals surface area contributed by atoms with E-state index in [0.29, 0.717) is 23.6 Å². The molecule has 2 aliphatic rings. The van der Waals surface area contributed by atoms with Crippen molar-refractivity contribution in [3.8, 4) is 0 Å². The summed E-state index contributed by atoms with van der Waals surface area (Å²) in [5, 5.41) is 9.77. The number of hydrogen-bond acceptors (Lipinski definition) is 7. The number of aromatic nitrogens is 3. The first-order valence-electron chi connectivity index (χ1n) is 13.9. The molecule has 2 aromatic heterocycles. The molecule has 1 amide bonds. The number of anilines is 3. The van der Waals surface area contributed by atoms with Crippen molar-refractivity contribution in [3.05, 3.63) is 35.8 Å². The highest BCUT2D eigenvalue weighted by atomic mass is 35.5. The van der Waals surface area contributed by atoms with E-state index in [1.165, 1.54) is 70.6 Å². The average Bonchev–Trinajstić information content (AvgIpc) is 3.09. The second-order valence-corrected chi connectivity index (χ2v) is 10.4. The van der Waals surface area contributed by atoms with Gasteiger partial charge in [0.15, 0.2) is 0 Å². The molecule has 204 valence electrons. The maximum absolute atomic E-state index is 12.0. The number of carbonyl (C=O) groups is 1. The van der Waals surface area contributed by atoms with E-state index in [0.717, 1.165) is 36.7 Å². The lowest BCUT2D eigenvalue weighted by molar-refractivity contribution is 0.0957. The summed E-state index contributed by atoms with van der Waals surface area (Å²) in [5.74, 6) is 2.04. The minimum atomic E-state index is -0.187. The molecule has 2 bridgehead atoms. The van der Waals surface area contributed by atoms with E-state index in [4.69, 9.17) is 4.98 Å². The van der Waals surface area contributed by atoms with E-state index in [9.17, 15) is 4.79 Å². The SMILES string of the molecule is CNC(=O)c1ncc(Nc2nccc(N3C[C@H]4CCCCCCCCCCN[C@H](CC4)C3)n2)cc1C.Cl. The van der Waals surface area contributed by atoms with Crippen molar-refractivity contribution < 1.29 is 4.79 Å². The number of halogens is 1. The highest BCUT2D eigenvalue weighted by Gasteiger charge is 2.25. The zero-order valence-electron chi connectivity index (χ0n) is 22.5. The van der Waals surface area contributed by atoms with Crippen LogP contribution in [0.25, 0.3) is 0 Å². The Morgan fingerprint density at radius 3 is 2.51 bits per heavy atom. The van der Waals surface area contributed by atoms with Crippen LogP contribution in [-0.4, -0.2) is 53.6 Å². The minimum absolute atomic E-state index is 0. The van der Waals surface area contributed by atoms with Crippen molar-refractivity contribution in [1.82, 2.24) is 25.6 Å². The fraction of sp³-hybridized carbons (Fsp3) is 0.643. The van der Waals surface area contributed by atoms with Crippen molar-refractivity contribution in [1.29, 1.82) is 0 Å². The summed E-state index contributed by atoms with van der Waals surface area (Å²) in [4.78, 5) is 28.1. The first-order valence-corrected chi connectivity index (χ1v) is 13.9. The number of pyridine rings is 1. The molecule has 0 spiro atoms. The Morgan fingerprint density at radius 2 is 1.76 bits per heavy atom. The molecule has 4 rings (SSSR count). The molecule has 2 saturated heterocycles. The van der Waals surface area contributed by atoms with Gasteiger partial charge >= 0.3 is 0 Å². The predicted molar refractivity (Wildman–Crippen MR) is 153 cm³/mol. The number of hydrogen-bond donors (Lipinski definition) is 3. The van der Waals surface area contributed by atoms with E-state index in [-0.39, 0.29) is 18.3 Å². The van der Waals surface area contributed by atoms with E-state index >= 15 is 0 Å². The second kappa shape index (κ2) is 15.1. The first-order chi connectivity index (χ1) is 17.6. The van der Waals surface area contributed by atoms with Gasteiger partial charge in [0.05, 0.1) is 11.9 Å². The summed E-state index contributed by atoms with van der Waals surface area (Å²) >= 11 is 0. The van der Waals surface area contributed by atoms with Gasteiger partial charge in [-0.3, -0.25) is 4.79 Å². The van der Waals surface area contributed by atoms with Gasteiger partial charge in [-0.05, 0) is 62.8 Å². The van der Waals surface area contributed by atoms with Gasteiger partial charge in [-0.15, -0.1) is 12.4 Å². The minimum Gasteiger partial charge on any atom is -0.355 e. The Bertz CT molecular complexity index is 967. The quantitative estimate of drug-likeness (QED) is 0.487. The highest BCUT2D eigenvalue weighted by Crippen LogP contribution is 2.27. The van der Waals surface area contributed by atoms with Crippen LogP contribution >= 0.6 is 12.4 Å². The van der Waals surface area contributed by atoms with Crippen LogP contribution in [-0.2, 0) is 0 Å². The summed E-state index contributed by atoms with van der Waals surface area (Å²) < 4.78 is 0. The molecule has 0 unspecified atom stereocenters. The van der Waals surface area contributed by atoms with E-state index in [1.54, 1.807) is 13.2 Å². The molecule has 0 aromatic carbocycles. The molecule has 0 aliphatic carbocycles. The number of amides is 1. The summed E-state index contributed by atoms with van der Waals surface area (Å²) in [6, 6.07) is 4.43. The second-order valence-electron chi connectivity index (χ2n) is 10.4. The molecular formula is C28H44ClN7O. The Balaban J connectivity index is 0.00000380. The average molecular weight is 530 g/mol. The molecule has 0 radical (unpaired) electrons. The Labute approximate surface area is 228 Å². The van der Waals surface area contributed by atoms with E-state index in [2.05, 4.69) is 30.8 Å². The third kappa shape index (κ3) is 8.82. The van der Waals surface area contributed by atoms with Crippen LogP contribution in [0.5, 0.6) is 0 Å². The van der Waals surface area contributed by atoms with Crippen molar-refractivity contribution in [3.63, 3.8) is 0 Å². The van der Waals surface area contributed by atoms with Crippen LogP contribution in [0.1, 0.15) is 86.7 Å². The van der Waals surface area contributed by atoms with Gasteiger partial charge in [0.2, 0.25) is 5.95 Å². The number of carbonyl (C=O) groups excluding carboxylic acids is 1. The number of fused-ring (bicyclic) bond motifs is 3. The van der Waals surface area contributed by atoms with Gasteiger partial charge in [-0.1, -0.05) is 44.9 Å². The fourth-order valence-electron chi connectivity index (χ4n) is 5.50. The van der Waals surface area contributed by atoms with Crippen LogP contribution in [0.3, 0.4) is 0 Å². The van der Waals surface area contributed by atoms with Crippen LogP contribution in [0.4, 0.5) is 17.5 Å². The number of nitrogens with one attached hydrogen (secondary N) is 3. The van der Waals surface area contributed by atoms with Crippen LogP contribution in [0.2, 0.25) is 0 Å². The number of aryl methyl sites for hydroxylation is 1. The zero-order chi connectivity index (χ0) is 25.2. The lowest BCUT2D eigenvalue weighted by atomic mass is 9.95. The van der Waals surface area contributed by atoms with Crippen molar-refractivity contribution in [2.24, 2.45) is 5.92 Å². The van der Waals surface area contributed by atoms with Crippen LogP contribution < -0.4 is 20.9 Å². The summed E-state index contributed by atoms with van der Waals surface area (Å²) in [5.41, 5.74) is 2.00. The molecule has 8 nitrogen and oxygen atoms in total. The standard InChI is InChI=1S/C28H43N7O.ClH/c1-21-17-24(18-32-26(21)27(36)29-2)33-28-31-16-14-25(34-28)35-19-22-11-9-7-5-3-4-6-8-10-15-30-23(20-35)13-12-22;/h14,16-18,22-23,30H,3-13,15,19-20H2,1-2H3,(H,29,36)(H,31,33,34);1H/t22-,23+;/m0./s1. The monoisotopic (exact) mass is 529 g/mol. The highest BCUT2D eigenvalue weighted by molar-refractivity contribution is 5.93. The Hall–Kier alpha value is -2.45. The van der Waals surface area contributed by atoms with Gasteiger partial charge in [-0.2, -0.15) is 4.98 Å². The molecule has 9 heteroatoms. The van der Waals surface area contributed by atoms with Crippen molar-refractivity contribution >= 4 is 35.8 Å². The van der Waals surface area contributed by atoms with Gasteiger partial charge in [0, 0.05) is 32.4 Å². The molecular weight excluding hydrogens is 486 g/mol. The summed E-state index contributed by atoms with van der Waals surface area (Å²) in [6.45, 7) is 5.02. The lowest BCUT2D eigenvalue weighted by Crippen LogP contribution is -2.41. The smallest absolute Gasteiger partial charge is 0.269 e. The zero-order valence-corrected chi connectivity index (χ0v) is 23.3. The van der Waals surface area contributed by atoms with Crippen molar-refractivity contribution in [2.75, 3.05) is 36.9 Å². The molecule has 2 fully saturated rings. The van der Waals surface area contributed by atoms with Gasteiger partial charge in [0.1, 0.15) is 11.5 Å². The lowest BCUT2D eigenvalue weighted by Gasteiger charge is -2.28. The topological polar surface area (TPSA) is 95.1 Å². The molecule has 4 heterocycles. The molecule has 0 saturated carbocycles. The Morgan fingerprint density at radius 1 is 1.00 bits per heavy atom. The van der Waals surface area contributed by atoms with Crippen molar-refractivity contribution in [2.45, 2.75) is 83.6 Å². The van der Waals surface area contributed by atoms with E-state index in [1.807, 2.05) is 25.3 Å². The predicted octanol–water partition coefficient (Wildman–Crippen LogP) is 5.40. The normalized spacial score (nSPS) is 21.6. The fourth-order valence-corrected chi connectivity index (χ4v) is 5.50. The van der Waals surface area contributed by atoms with Crippen LogP contribution in [0, 0.1) is 12.8 Å². The molecule has 2 aromatic rings. The third-order valence-electron chi connectivity index (χ3n) is 7.56. The summed E-state index contributed by atoms with van der Waals surface area (Å²) in [6.07, 6.45) is 18.2. The molecule has 37 heavy (non-hydrogen) atoms. The van der Waals surface area contributed by atoms with E-state index < -0.39 is 0 Å². The van der Waals surface area contributed by atoms with Crippen LogP contribution in [0.15, 0.2) is 24.5 Å². The number of rotatable bonds is 4. The maximum atomic E-state index is 12.0. The third-order valence-corrected chi connectivity index (χ3v) is 7.56. The van der Waals surface area contributed by atoms with Gasteiger partial charge in [-0.25, -0.2) is 9.97 Å². The summed E-state index contributed by atoms with van der Waals surface area (Å²) in [7, 11) is 1.61. The van der Waals surface area contributed by atoms with Gasteiger partial charge in [0.25, 0.3) is 5.91 Å². The molecule has 2 atom stereocenters. The first kappa shape index (κ1) is 29.1. The largest absolute Gasteiger partial charge is 0.355 e. The molecule has 3 N–H and O–H groups in total.